The van der Waals surface area contributed by atoms with Crippen molar-refractivity contribution in [1.82, 2.24) is 19.7 Å². The van der Waals surface area contributed by atoms with Gasteiger partial charge in [-0.2, -0.15) is 0 Å². The minimum Gasteiger partial charge on any atom is -0.481 e. The number of aryl methyl sites for hydroxylation is 1. The molecule has 0 aliphatic carbocycles. The summed E-state index contributed by atoms with van der Waals surface area (Å²) in [5.41, 5.74) is 0. The number of amides is 1. The summed E-state index contributed by atoms with van der Waals surface area (Å²) in [5, 5.41) is 17.9. The summed E-state index contributed by atoms with van der Waals surface area (Å²) < 4.78 is 7.10. The van der Waals surface area contributed by atoms with Crippen LogP contribution < -0.4 is 4.74 Å². The van der Waals surface area contributed by atoms with Crippen molar-refractivity contribution in [1.29, 1.82) is 0 Å². The minimum atomic E-state index is -1.11. The molecule has 1 unspecified atom stereocenters. The van der Waals surface area contributed by atoms with Crippen molar-refractivity contribution < 1.29 is 19.4 Å². The average molecular weight is 385 g/mol. The number of carbonyl (C=O) groups is 2. The molecule has 1 atom stereocenters. The molecule has 0 saturated carbocycles. The van der Waals surface area contributed by atoms with Crippen LogP contribution in [0.15, 0.2) is 18.2 Å². The normalized spacial score (nSPS) is 16.4. The summed E-state index contributed by atoms with van der Waals surface area (Å²) >= 11 is 12.0. The Kier molecular flexibility index (Phi) is 4.82. The van der Waals surface area contributed by atoms with Crippen molar-refractivity contribution in [3.05, 3.63) is 39.9 Å². The standard InChI is InChI=1S/C15H14Cl2N4O4/c1-8-18-19-12-6-21(11(15(23)24)5-20(8)12)13(22)7-25-14-9(16)3-2-4-10(14)17/h2-4,11H,5-7H2,1H3,(H,23,24). The third-order valence-corrected chi connectivity index (χ3v) is 4.52. The van der Waals surface area contributed by atoms with Crippen LogP contribution in [0, 0.1) is 6.92 Å². The zero-order valence-electron chi connectivity index (χ0n) is 13.1. The van der Waals surface area contributed by atoms with E-state index in [1.165, 1.54) is 4.90 Å². The van der Waals surface area contributed by atoms with Crippen LogP contribution in [0.3, 0.4) is 0 Å². The lowest BCUT2D eigenvalue weighted by molar-refractivity contribution is -0.153. The number of ether oxygens (including phenoxy) is 1. The van der Waals surface area contributed by atoms with Gasteiger partial charge in [0.25, 0.3) is 5.91 Å². The van der Waals surface area contributed by atoms with Gasteiger partial charge >= 0.3 is 5.97 Å². The van der Waals surface area contributed by atoms with Gasteiger partial charge in [-0.3, -0.25) is 4.79 Å². The molecule has 0 fully saturated rings. The quantitative estimate of drug-likeness (QED) is 0.862. The predicted octanol–water partition coefficient (Wildman–Crippen LogP) is 1.77. The van der Waals surface area contributed by atoms with Crippen LogP contribution >= 0.6 is 23.2 Å². The second-order valence-corrected chi connectivity index (χ2v) is 6.30. The van der Waals surface area contributed by atoms with Crippen LogP contribution in [0.4, 0.5) is 0 Å². The highest BCUT2D eigenvalue weighted by Gasteiger charge is 2.36. The van der Waals surface area contributed by atoms with Crippen molar-refractivity contribution in [3.63, 3.8) is 0 Å². The SMILES string of the molecule is Cc1nnc2n1CC(C(=O)O)N(C(=O)COc1c(Cl)cccc1Cl)C2. The Morgan fingerprint density at radius 1 is 1.32 bits per heavy atom. The Labute approximate surface area is 152 Å². The van der Waals surface area contributed by atoms with Crippen LogP contribution in [-0.2, 0) is 22.7 Å². The number of hydrogen-bond acceptors (Lipinski definition) is 5. The maximum absolute atomic E-state index is 12.5. The minimum absolute atomic E-state index is 0.0380. The number of hydrogen-bond donors (Lipinski definition) is 1. The second kappa shape index (κ2) is 6.89. The van der Waals surface area contributed by atoms with Gasteiger partial charge in [0, 0.05) is 0 Å². The predicted molar refractivity (Wildman–Crippen MR) is 88.7 cm³/mol. The summed E-state index contributed by atoms with van der Waals surface area (Å²) in [6.07, 6.45) is 0. The van der Waals surface area contributed by atoms with E-state index in [9.17, 15) is 14.7 Å². The number of aliphatic carboxylic acids is 1. The van der Waals surface area contributed by atoms with E-state index in [1.807, 2.05) is 0 Å². The highest BCUT2D eigenvalue weighted by atomic mass is 35.5. The first-order valence-electron chi connectivity index (χ1n) is 7.36. The first-order valence-corrected chi connectivity index (χ1v) is 8.12. The van der Waals surface area contributed by atoms with Gasteiger partial charge in [-0.25, -0.2) is 4.79 Å². The van der Waals surface area contributed by atoms with Crippen molar-refractivity contribution in [2.24, 2.45) is 0 Å². The van der Waals surface area contributed by atoms with Gasteiger partial charge in [0.2, 0.25) is 0 Å². The molecule has 1 aromatic carbocycles. The van der Waals surface area contributed by atoms with E-state index in [1.54, 1.807) is 29.7 Å². The summed E-state index contributed by atoms with van der Waals surface area (Å²) in [6, 6.07) is 3.79. The fourth-order valence-corrected chi connectivity index (χ4v) is 3.13. The number of rotatable bonds is 4. The summed E-state index contributed by atoms with van der Waals surface area (Å²) in [4.78, 5) is 25.3. The Morgan fingerprint density at radius 2 is 2.00 bits per heavy atom. The van der Waals surface area contributed by atoms with Gasteiger partial charge in [0.15, 0.2) is 18.2 Å². The molecule has 0 radical (unpaired) electrons. The zero-order valence-corrected chi connectivity index (χ0v) is 14.7. The Morgan fingerprint density at radius 3 is 2.64 bits per heavy atom. The van der Waals surface area contributed by atoms with E-state index in [0.717, 1.165) is 0 Å². The number of halogens is 2. The lowest BCUT2D eigenvalue weighted by atomic mass is 10.2. The number of aromatic nitrogens is 3. The molecule has 1 amide bonds. The van der Waals surface area contributed by atoms with Crippen LogP contribution in [0.5, 0.6) is 5.75 Å². The van der Waals surface area contributed by atoms with Crippen molar-refractivity contribution in [3.8, 4) is 5.75 Å². The number of carbonyl (C=O) groups excluding carboxylic acids is 1. The first kappa shape index (κ1) is 17.5. The number of fused-ring (bicyclic) bond motifs is 1. The molecule has 132 valence electrons. The molecule has 25 heavy (non-hydrogen) atoms. The summed E-state index contributed by atoms with van der Waals surface area (Å²) in [6.45, 7) is 1.47. The molecule has 0 bridgehead atoms. The molecule has 1 aliphatic rings. The van der Waals surface area contributed by atoms with Crippen LogP contribution in [0.25, 0.3) is 0 Å². The van der Waals surface area contributed by atoms with E-state index in [2.05, 4.69) is 10.2 Å². The highest BCUT2D eigenvalue weighted by molar-refractivity contribution is 6.37. The first-order chi connectivity index (χ1) is 11.9. The van der Waals surface area contributed by atoms with E-state index in [0.29, 0.717) is 11.6 Å². The van der Waals surface area contributed by atoms with Crippen molar-refractivity contribution in [2.45, 2.75) is 26.1 Å². The summed E-state index contributed by atoms with van der Waals surface area (Å²) in [5.74, 6) is -0.299. The molecule has 8 nitrogen and oxygen atoms in total. The number of carboxylic acids is 1. The maximum Gasteiger partial charge on any atom is 0.328 e. The zero-order chi connectivity index (χ0) is 18.1. The van der Waals surface area contributed by atoms with Crippen LogP contribution in [-0.4, -0.2) is 49.3 Å². The molecule has 3 rings (SSSR count). The van der Waals surface area contributed by atoms with Crippen molar-refractivity contribution >= 4 is 35.1 Å². The third-order valence-electron chi connectivity index (χ3n) is 3.92. The molecular weight excluding hydrogens is 371 g/mol. The monoisotopic (exact) mass is 384 g/mol. The van der Waals surface area contributed by atoms with Gasteiger partial charge in [-0.05, 0) is 19.1 Å². The topological polar surface area (TPSA) is 97.5 Å². The Hall–Kier alpha value is -2.32. The van der Waals surface area contributed by atoms with E-state index in [4.69, 9.17) is 27.9 Å². The number of carboxylic acid groups (broad SMARTS) is 1. The number of para-hydroxylation sites is 1. The fourth-order valence-electron chi connectivity index (χ4n) is 2.62. The van der Waals surface area contributed by atoms with Crippen LogP contribution in [0.2, 0.25) is 10.0 Å². The number of benzene rings is 1. The molecule has 1 N–H and O–H groups in total. The molecule has 1 aliphatic heterocycles. The van der Waals surface area contributed by atoms with Crippen LogP contribution in [0.1, 0.15) is 11.6 Å². The van der Waals surface area contributed by atoms with Gasteiger partial charge < -0.3 is 19.3 Å². The van der Waals surface area contributed by atoms with E-state index >= 15 is 0 Å². The Bertz CT molecular complexity index is 819. The molecule has 2 aromatic rings. The van der Waals surface area contributed by atoms with E-state index in [-0.39, 0.29) is 35.5 Å². The molecule has 0 saturated heterocycles. The second-order valence-electron chi connectivity index (χ2n) is 5.49. The lowest BCUT2D eigenvalue weighted by Crippen LogP contribution is -2.52. The molecule has 10 heteroatoms. The lowest BCUT2D eigenvalue weighted by Gasteiger charge is -2.33. The molecular formula is C15H14Cl2N4O4. The average Bonchev–Trinajstić information content (AvgIpc) is 2.93. The Balaban J connectivity index is 1.77. The molecule has 2 heterocycles. The van der Waals surface area contributed by atoms with Crippen molar-refractivity contribution in [2.75, 3.05) is 6.61 Å². The highest BCUT2D eigenvalue weighted by Crippen LogP contribution is 2.32. The maximum atomic E-state index is 12.5. The van der Waals surface area contributed by atoms with Gasteiger partial charge in [-0.1, -0.05) is 29.3 Å². The van der Waals surface area contributed by atoms with E-state index < -0.39 is 17.9 Å². The molecule has 1 aromatic heterocycles. The third kappa shape index (κ3) is 3.40. The largest absolute Gasteiger partial charge is 0.481 e. The molecule has 0 spiro atoms. The smallest absolute Gasteiger partial charge is 0.328 e. The van der Waals surface area contributed by atoms with Gasteiger partial charge in [0.1, 0.15) is 11.9 Å². The summed E-state index contributed by atoms with van der Waals surface area (Å²) in [7, 11) is 0. The fraction of sp³-hybridized carbons (Fsp3) is 0.333. The van der Waals surface area contributed by atoms with Gasteiger partial charge in [-0.15, -0.1) is 10.2 Å². The number of nitrogens with zero attached hydrogens (tertiary/aromatic N) is 4. The van der Waals surface area contributed by atoms with Gasteiger partial charge in [0.05, 0.1) is 23.1 Å².